The summed E-state index contributed by atoms with van der Waals surface area (Å²) in [7, 11) is 0. The summed E-state index contributed by atoms with van der Waals surface area (Å²) < 4.78 is 0. The standard InChI is InChI=1S/C6H13NO2.H3N/c1-2-3-4-5-6(8)9-7;/h2-5,7H2,1H3;1H3. The van der Waals surface area contributed by atoms with Gasteiger partial charge >= 0.3 is 5.97 Å². The van der Waals surface area contributed by atoms with Crippen LogP contribution in [0.5, 0.6) is 0 Å². The molecule has 0 atom stereocenters. The second-order valence-electron chi connectivity index (χ2n) is 1.95. The van der Waals surface area contributed by atoms with E-state index < -0.39 is 0 Å². The van der Waals surface area contributed by atoms with E-state index in [4.69, 9.17) is 0 Å². The quantitative estimate of drug-likeness (QED) is 0.462. The van der Waals surface area contributed by atoms with Crippen LogP contribution >= 0.6 is 0 Å². The molecule has 0 aromatic carbocycles. The van der Waals surface area contributed by atoms with E-state index in [9.17, 15) is 4.79 Å². The Labute approximate surface area is 61.3 Å². The van der Waals surface area contributed by atoms with Gasteiger partial charge in [-0.15, -0.1) is 0 Å². The normalized spacial score (nSPS) is 8.20. The predicted octanol–water partition coefficient (Wildman–Crippen LogP) is 1.15. The topological polar surface area (TPSA) is 87.3 Å². The average Bonchev–Trinajstić information content (AvgIpc) is 1.89. The van der Waals surface area contributed by atoms with E-state index in [1.807, 2.05) is 0 Å². The molecule has 0 aliphatic heterocycles. The van der Waals surface area contributed by atoms with E-state index >= 15 is 0 Å². The van der Waals surface area contributed by atoms with Gasteiger partial charge in [-0.3, -0.25) is 4.79 Å². The van der Waals surface area contributed by atoms with E-state index in [0.29, 0.717) is 6.42 Å². The second-order valence-corrected chi connectivity index (χ2v) is 1.95. The third-order valence-electron chi connectivity index (χ3n) is 1.12. The molecular formula is C6H16N2O2. The molecule has 0 radical (unpaired) electrons. The lowest BCUT2D eigenvalue weighted by molar-refractivity contribution is -0.144. The van der Waals surface area contributed by atoms with Crippen LogP contribution < -0.4 is 12.0 Å². The van der Waals surface area contributed by atoms with Crippen LogP contribution in [0.2, 0.25) is 0 Å². The molecule has 10 heavy (non-hydrogen) atoms. The van der Waals surface area contributed by atoms with Crippen LogP contribution in [-0.4, -0.2) is 5.97 Å². The predicted molar refractivity (Wildman–Crippen MR) is 39.4 cm³/mol. The fourth-order valence-corrected chi connectivity index (χ4v) is 0.578. The highest BCUT2D eigenvalue weighted by Gasteiger charge is 1.97. The van der Waals surface area contributed by atoms with Gasteiger partial charge in [0.05, 0.1) is 0 Å². The molecule has 0 rings (SSSR count). The molecule has 0 amide bonds. The molecule has 0 aromatic heterocycles. The molecule has 0 fully saturated rings. The van der Waals surface area contributed by atoms with Crippen LogP contribution in [0.1, 0.15) is 32.6 Å². The first kappa shape index (κ1) is 12.1. The van der Waals surface area contributed by atoms with Crippen molar-refractivity contribution in [2.24, 2.45) is 5.90 Å². The Morgan fingerprint density at radius 1 is 1.50 bits per heavy atom. The Bertz CT molecular complexity index is 85.8. The van der Waals surface area contributed by atoms with Crippen LogP contribution in [0.3, 0.4) is 0 Å². The van der Waals surface area contributed by atoms with Crippen molar-refractivity contribution in [1.29, 1.82) is 0 Å². The summed E-state index contributed by atoms with van der Waals surface area (Å²) >= 11 is 0. The monoisotopic (exact) mass is 148 g/mol. The molecule has 4 nitrogen and oxygen atoms in total. The van der Waals surface area contributed by atoms with Crippen molar-refractivity contribution in [2.45, 2.75) is 32.6 Å². The summed E-state index contributed by atoms with van der Waals surface area (Å²) in [6.07, 6.45) is 3.50. The number of rotatable bonds is 4. The van der Waals surface area contributed by atoms with Gasteiger partial charge in [-0.1, -0.05) is 19.8 Å². The van der Waals surface area contributed by atoms with Crippen molar-refractivity contribution >= 4 is 5.97 Å². The maximum atomic E-state index is 10.3. The maximum absolute atomic E-state index is 10.3. The van der Waals surface area contributed by atoms with Gasteiger partial charge in [0.2, 0.25) is 0 Å². The van der Waals surface area contributed by atoms with Gasteiger partial charge in [0.15, 0.2) is 0 Å². The third-order valence-corrected chi connectivity index (χ3v) is 1.12. The first-order valence-electron chi connectivity index (χ1n) is 3.20. The zero-order valence-electron chi connectivity index (χ0n) is 6.43. The average molecular weight is 148 g/mol. The van der Waals surface area contributed by atoms with E-state index in [1.54, 1.807) is 0 Å². The van der Waals surface area contributed by atoms with Gasteiger partial charge in [-0.2, -0.15) is 5.90 Å². The van der Waals surface area contributed by atoms with Crippen LogP contribution in [0.15, 0.2) is 0 Å². The first-order valence-corrected chi connectivity index (χ1v) is 3.20. The highest BCUT2D eigenvalue weighted by atomic mass is 16.7. The minimum atomic E-state index is -0.316. The van der Waals surface area contributed by atoms with Crippen LogP contribution in [0.4, 0.5) is 0 Å². The van der Waals surface area contributed by atoms with Crippen molar-refractivity contribution in [1.82, 2.24) is 6.15 Å². The summed E-state index contributed by atoms with van der Waals surface area (Å²) in [4.78, 5) is 14.3. The summed E-state index contributed by atoms with van der Waals surface area (Å²) in [5.74, 6) is 4.29. The first-order chi connectivity index (χ1) is 4.31. The number of carbonyl (C=O) groups excluding carboxylic acids is 1. The molecule has 0 bridgehead atoms. The number of hydrogen-bond acceptors (Lipinski definition) is 4. The minimum Gasteiger partial charge on any atom is -0.373 e. The number of hydrogen-bond donors (Lipinski definition) is 2. The van der Waals surface area contributed by atoms with Crippen LogP contribution in [0.25, 0.3) is 0 Å². The Kier molecular flexibility index (Phi) is 10.2. The number of nitrogens with two attached hydrogens (primary N) is 1. The van der Waals surface area contributed by atoms with E-state index in [0.717, 1.165) is 19.3 Å². The van der Waals surface area contributed by atoms with Crippen molar-refractivity contribution < 1.29 is 9.63 Å². The number of unbranched alkanes of at least 4 members (excludes halogenated alkanes) is 2. The van der Waals surface area contributed by atoms with Gasteiger partial charge < -0.3 is 11.0 Å². The fraction of sp³-hybridized carbons (Fsp3) is 0.833. The third kappa shape index (κ3) is 7.39. The Balaban J connectivity index is 0. The molecule has 0 saturated heterocycles. The summed E-state index contributed by atoms with van der Waals surface area (Å²) in [5, 5.41) is 0. The summed E-state index contributed by atoms with van der Waals surface area (Å²) in [5.41, 5.74) is 0. The van der Waals surface area contributed by atoms with Crippen molar-refractivity contribution in [3.8, 4) is 0 Å². The highest BCUT2D eigenvalue weighted by Crippen LogP contribution is 1.98. The minimum absolute atomic E-state index is 0. The SMILES string of the molecule is CCCCCC(=O)ON.N. The Morgan fingerprint density at radius 2 is 2.10 bits per heavy atom. The molecule has 4 heteroatoms. The lowest BCUT2D eigenvalue weighted by Gasteiger charge is -1.94. The molecule has 62 valence electrons. The summed E-state index contributed by atoms with van der Waals surface area (Å²) in [6, 6.07) is 0. The fourth-order valence-electron chi connectivity index (χ4n) is 0.578. The van der Waals surface area contributed by atoms with E-state index in [1.165, 1.54) is 0 Å². The summed E-state index contributed by atoms with van der Waals surface area (Å²) in [6.45, 7) is 2.08. The molecule has 0 saturated carbocycles. The molecule has 0 spiro atoms. The molecule has 0 aromatic rings. The van der Waals surface area contributed by atoms with Gasteiger partial charge in [0, 0.05) is 6.42 Å². The molecule has 0 aliphatic rings. The van der Waals surface area contributed by atoms with Crippen molar-refractivity contribution in [2.75, 3.05) is 0 Å². The van der Waals surface area contributed by atoms with Crippen LogP contribution in [0, 0.1) is 0 Å². The lowest BCUT2D eigenvalue weighted by atomic mass is 10.2. The van der Waals surface area contributed by atoms with Crippen molar-refractivity contribution in [3.05, 3.63) is 0 Å². The zero-order valence-corrected chi connectivity index (χ0v) is 6.43. The van der Waals surface area contributed by atoms with Crippen molar-refractivity contribution in [3.63, 3.8) is 0 Å². The number of carbonyl (C=O) groups is 1. The highest BCUT2D eigenvalue weighted by molar-refractivity contribution is 5.68. The Hall–Kier alpha value is -0.610. The second kappa shape index (κ2) is 8.39. The van der Waals surface area contributed by atoms with Crippen LogP contribution in [-0.2, 0) is 9.63 Å². The molecule has 5 N–H and O–H groups in total. The van der Waals surface area contributed by atoms with Gasteiger partial charge in [-0.05, 0) is 6.42 Å². The molecule has 0 heterocycles. The maximum Gasteiger partial charge on any atom is 0.324 e. The molecule has 0 aliphatic carbocycles. The zero-order chi connectivity index (χ0) is 7.11. The Morgan fingerprint density at radius 3 is 2.50 bits per heavy atom. The smallest absolute Gasteiger partial charge is 0.324 e. The van der Waals surface area contributed by atoms with Gasteiger partial charge in [-0.25, -0.2) is 0 Å². The lowest BCUT2D eigenvalue weighted by Crippen LogP contribution is -2.08. The van der Waals surface area contributed by atoms with E-state index in [2.05, 4.69) is 17.7 Å². The largest absolute Gasteiger partial charge is 0.373 e. The molecule has 0 unspecified atom stereocenters. The van der Waals surface area contributed by atoms with Gasteiger partial charge in [0.1, 0.15) is 0 Å². The molecular weight excluding hydrogens is 132 g/mol. The van der Waals surface area contributed by atoms with E-state index in [-0.39, 0.29) is 12.1 Å². The van der Waals surface area contributed by atoms with Gasteiger partial charge in [0.25, 0.3) is 0 Å².